The van der Waals surface area contributed by atoms with Crippen molar-refractivity contribution in [3.05, 3.63) is 0 Å². The maximum Gasteiger partial charge on any atom is 0.312 e. The topological polar surface area (TPSA) is 126 Å². The zero-order chi connectivity index (χ0) is 11.7. The van der Waals surface area contributed by atoms with E-state index in [-0.39, 0.29) is 11.9 Å². The molecule has 0 aromatic carbocycles. The molecule has 0 fully saturated rings. The third-order valence-corrected chi connectivity index (χ3v) is 1.93. The van der Waals surface area contributed by atoms with Gasteiger partial charge in [-0.2, -0.15) is 0 Å². The minimum absolute atomic E-state index is 0.135. The molecule has 0 aliphatic rings. The van der Waals surface area contributed by atoms with Crippen LogP contribution in [0.15, 0.2) is 5.16 Å². The van der Waals surface area contributed by atoms with Crippen molar-refractivity contribution in [2.24, 2.45) is 16.6 Å². The highest BCUT2D eigenvalue weighted by molar-refractivity contribution is 5.80. The molecule has 15 heavy (non-hydrogen) atoms. The Bertz CT molecular complexity index is 219. The van der Waals surface area contributed by atoms with Crippen molar-refractivity contribution in [3.63, 3.8) is 0 Å². The summed E-state index contributed by atoms with van der Waals surface area (Å²) in [5.41, 5.74) is 10.3. The van der Waals surface area contributed by atoms with Gasteiger partial charge in [0.25, 0.3) is 0 Å². The van der Waals surface area contributed by atoms with Gasteiger partial charge in [0.15, 0.2) is 0 Å². The predicted molar refractivity (Wildman–Crippen MR) is 57.7 cm³/mol. The van der Waals surface area contributed by atoms with Gasteiger partial charge in [-0.05, 0) is 6.42 Å². The van der Waals surface area contributed by atoms with Crippen LogP contribution in [0, 0.1) is 0 Å². The van der Waals surface area contributed by atoms with Crippen LogP contribution in [0.25, 0.3) is 0 Å². The van der Waals surface area contributed by atoms with Gasteiger partial charge in [-0.1, -0.05) is 12.1 Å². The molecule has 0 spiro atoms. The summed E-state index contributed by atoms with van der Waals surface area (Å²) in [6.45, 7) is 3.05. The van der Waals surface area contributed by atoms with E-state index in [1.807, 2.05) is 6.92 Å². The molecule has 0 heterocycles. The fraction of sp³-hybridized carbons (Fsp3) is 0.750. The fourth-order valence-corrected chi connectivity index (χ4v) is 1.12. The Balaban J connectivity index is 3.66. The average molecular weight is 217 g/mol. The standard InChI is InChI=1S/C8H19N5O2/c1-2-6(5-7(9)13-15)11-3-4-12-8(10)14/h6,11,15H,2-5H2,1H3,(H2,9,13)(H3,10,12,14). The second kappa shape index (κ2) is 7.86. The van der Waals surface area contributed by atoms with E-state index in [2.05, 4.69) is 15.8 Å². The van der Waals surface area contributed by atoms with E-state index in [0.29, 0.717) is 19.5 Å². The first-order valence-corrected chi connectivity index (χ1v) is 4.83. The zero-order valence-electron chi connectivity index (χ0n) is 8.86. The molecule has 0 aromatic heterocycles. The Morgan fingerprint density at radius 1 is 1.47 bits per heavy atom. The molecule has 7 heteroatoms. The summed E-state index contributed by atoms with van der Waals surface area (Å²) >= 11 is 0. The summed E-state index contributed by atoms with van der Waals surface area (Å²) in [6, 6.07) is -0.406. The Kier molecular flexibility index (Phi) is 7.08. The normalized spacial score (nSPS) is 13.5. The number of rotatable bonds is 7. The molecule has 88 valence electrons. The molecule has 0 saturated heterocycles. The molecule has 1 atom stereocenters. The number of nitrogens with zero attached hydrogens (tertiary/aromatic N) is 1. The second-order valence-electron chi connectivity index (χ2n) is 3.15. The van der Waals surface area contributed by atoms with Crippen LogP contribution in [-0.4, -0.2) is 36.2 Å². The van der Waals surface area contributed by atoms with E-state index in [4.69, 9.17) is 16.7 Å². The number of hydrogen-bond donors (Lipinski definition) is 5. The zero-order valence-corrected chi connectivity index (χ0v) is 8.86. The molecular formula is C8H19N5O2. The molecule has 7 N–H and O–H groups in total. The van der Waals surface area contributed by atoms with Crippen molar-refractivity contribution < 1.29 is 10.0 Å². The number of carbonyl (C=O) groups excluding carboxylic acids is 1. The molecule has 7 nitrogen and oxygen atoms in total. The van der Waals surface area contributed by atoms with Crippen LogP contribution >= 0.6 is 0 Å². The fourth-order valence-electron chi connectivity index (χ4n) is 1.12. The average Bonchev–Trinajstić information content (AvgIpc) is 2.21. The first kappa shape index (κ1) is 13.5. The van der Waals surface area contributed by atoms with Crippen molar-refractivity contribution >= 4 is 11.9 Å². The number of oxime groups is 1. The predicted octanol–water partition coefficient (Wildman–Crippen LogP) is -0.841. The van der Waals surface area contributed by atoms with Crippen molar-refractivity contribution in [1.29, 1.82) is 0 Å². The van der Waals surface area contributed by atoms with E-state index < -0.39 is 6.03 Å². The smallest absolute Gasteiger partial charge is 0.312 e. The molecule has 0 aliphatic carbocycles. The maximum absolute atomic E-state index is 10.3. The molecule has 0 aliphatic heterocycles. The van der Waals surface area contributed by atoms with Gasteiger partial charge in [0.1, 0.15) is 5.84 Å². The Hall–Kier alpha value is -1.50. The number of amides is 2. The first-order valence-electron chi connectivity index (χ1n) is 4.83. The molecule has 0 bridgehead atoms. The van der Waals surface area contributed by atoms with Crippen molar-refractivity contribution in [1.82, 2.24) is 10.6 Å². The Morgan fingerprint density at radius 3 is 2.60 bits per heavy atom. The quantitative estimate of drug-likeness (QED) is 0.125. The Labute approximate surface area is 88.9 Å². The molecule has 1 unspecified atom stereocenters. The van der Waals surface area contributed by atoms with Crippen molar-refractivity contribution in [3.8, 4) is 0 Å². The number of amidine groups is 1. The van der Waals surface area contributed by atoms with Gasteiger partial charge < -0.3 is 27.3 Å². The Morgan fingerprint density at radius 2 is 2.13 bits per heavy atom. The molecule has 2 amide bonds. The number of carbonyl (C=O) groups is 1. The molecule has 0 radical (unpaired) electrons. The molecule has 0 rings (SSSR count). The highest BCUT2D eigenvalue weighted by atomic mass is 16.4. The van der Waals surface area contributed by atoms with Crippen LogP contribution in [0.1, 0.15) is 19.8 Å². The van der Waals surface area contributed by atoms with Gasteiger partial charge in [-0.3, -0.25) is 0 Å². The summed E-state index contributed by atoms with van der Waals surface area (Å²) in [5.74, 6) is 0.192. The highest BCUT2D eigenvalue weighted by Gasteiger charge is 2.07. The summed E-state index contributed by atoms with van der Waals surface area (Å²) in [6.07, 6.45) is 1.33. The van der Waals surface area contributed by atoms with Gasteiger partial charge >= 0.3 is 6.03 Å². The van der Waals surface area contributed by atoms with Crippen molar-refractivity contribution in [2.75, 3.05) is 13.1 Å². The van der Waals surface area contributed by atoms with Gasteiger partial charge in [-0.25, -0.2) is 4.79 Å². The number of urea groups is 1. The lowest BCUT2D eigenvalue weighted by Crippen LogP contribution is -2.40. The van der Waals surface area contributed by atoms with Gasteiger partial charge in [0, 0.05) is 25.6 Å². The SMILES string of the molecule is CCC(CC(N)=NO)NCCNC(N)=O. The number of primary amides is 1. The van der Waals surface area contributed by atoms with Crippen molar-refractivity contribution in [2.45, 2.75) is 25.8 Å². The third-order valence-electron chi connectivity index (χ3n) is 1.93. The van der Waals surface area contributed by atoms with Crippen LogP contribution in [0.2, 0.25) is 0 Å². The summed E-state index contributed by atoms with van der Waals surface area (Å²) in [7, 11) is 0. The monoisotopic (exact) mass is 217 g/mol. The van der Waals surface area contributed by atoms with Crippen LogP contribution in [0.3, 0.4) is 0 Å². The van der Waals surface area contributed by atoms with Crippen LogP contribution in [0.4, 0.5) is 4.79 Å². The van der Waals surface area contributed by atoms with Gasteiger partial charge in [0.2, 0.25) is 0 Å². The number of nitrogens with two attached hydrogens (primary N) is 2. The van der Waals surface area contributed by atoms with E-state index >= 15 is 0 Å². The van der Waals surface area contributed by atoms with Crippen LogP contribution in [-0.2, 0) is 0 Å². The van der Waals surface area contributed by atoms with Crippen LogP contribution < -0.4 is 22.1 Å². The molecular weight excluding hydrogens is 198 g/mol. The second-order valence-corrected chi connectivity index (χ2v) is 3.15. The highest BCUT2D eigenvalue weighted by Crippen LogP contribution is 1.96. The number of nitrogens with one attached hydrogen (secondary N) is 2. The van der Waals surface area contributed by atoms with Crippen LogP contribution in [0.5, 0.6) is 0 Å². The molecule has 0 aromatic rings. The van der Waals surface area contributed by atoms with E-state index in [1.54, 1.807) is 0 Å². The van der Waals surface area contributed by atoms with Gasteiger partial charge in [-0.15, -0.1) is 0 Å². The maximum atomic E-state index is 10.3. The molecule has 0 saturated carbocycles. The summed E-state index contributed by atoms with van der Waals surface area (Å²) in [5, 5.41) is 16.9. The summed E-state index contributed by atoms with van der Waals surface area (Å²) in [4.78, 5) is 10.3. The summed E-state index contributed by atoms with van der Waals surface area (Å²) < 4.78 is 0. The number of hydrogen-bond acceptors (Lipinski definition) is 4. The lowest BCUT2D eigenvalue weighted by atomic mass is 10.1. The third kappa shape index (κ3) is 7.56. The minimum atomic E-state index is -0.540. The minimum Gasteiger partial charge on any atom is -0.409 e. The van der Waals surface area contributed by atoms with E-state index in [0.717, 1.165) is 6.42 Å². The van der Waals surface area contributed by atoms with E-state index in [9.17, 15) is 4.79 Å². The van der Waals surface area contributed by atoms with Gasteiger partial charge in [0.05, 0.1) is 0 Å². The van der Waals surface area contributed by atoms with E-state index in [1.165, 1.54) is 0 Å². The lowest BCUT2D eigenvalue weighted by molar-refractivity contribution is 0.248. The largest absolute Gasteiger partial charge is 0.409 e. The lowest BCUT2D eigenvalue weighted by Gasteiger charge is -2.15. The first-order chi connectivity index (χ1) is 7.10.